The molecule has 2 atom stereocenters. The Kier molecular flexibility index (Phi) is 5.93. The van der Waals surface area contributed by atoms with Crippen LogP contribution in [-0.4, -0.2) is 49.8 Å². The average molecular weight is 254 g/mol. The van der Waals surface area contributed by atoms with Gasteiger partial charge in [0.2, 0.25) is 0 Å². The molecule has 1 N–H and O–H groups in total. The van der Waals surface area contributed by atoms with E-state index in [9.17, 15) is 0 Å². The molecule has 1 aliphatic heterocycles. The van der Waals surface area contributed by atoms with Gasteiger partial charge in [0.05, 0.1) is 6.10 Å². The third-order valence-electron chi connectivity index (χ3n) is 4.63. The van der Waals surface area contributed by atoms with Crippen molar-refractivity contribution < 1.29 is 4.74 Å². The van der Waals surface area contributed by atoms with Crippen LogP contribution in [0.4, 0.5) is 0 Å². The van der Waals surface area contributed by atoms with Gasteiger partial charge in [0.1, 0.15) is 0 Å². The maximum absolute atomic E-state index is 5.63. The Labute approximate surface area is 112 Å². The van der Waals surface area contributed by atoms with Crippen LogP contribution in [0, 0.1) is 0 Å². The van der Waals surface area contributed by atoms with Crippen LogP contribution in [0.1, 0.15) is 51.9 Å². The van der Waals surface area contributed by atoms with Crippen molar-refractivity contribution in [2.24, 2.45) is 0 Å². The van der Waals surface area contributed by atoms with Crippen LogP contribution in [-0.2, 0) is 4.74 Å². The van der Waals surface area contributed by atoms with Crippen molar-refractivity contribution in [2.75, 3.05) is 26.7 Å². The van der Waals surface area contributed by atoms with Crippen LogP contribution >= 0.6 is 0 Å². The molecule has 18 heavy (non-hydrogen) atoms. The summed E-state index contributed by atoms with van der Waals surface area (Å²) in [5.74, 6) is 0. The smallest absolute Gasteiger partial charge is 0.0702 e. The summed E-state index contributed by atoms with van der Waals surface area (Å²) in [5, 5.41) is 3.72. The van der Waals surface area contributed by atoms with Crippen molar-refractivity contribution in [2.45, 2.75) is 70.1 Å². The van der Waals surface area contributed by atoms with Crippen LogP contribution in [0.3, 0.4) is 0 Å². The lowest BCUT2D eigenvalue weighted by atomic mass is 9.95. The van der Waals surface area contributed by atoms with Gasteiger partial charge in [-0.3, -0.25) is 0 Å². The zero-order valence-electron chi connectivity index (χ0n) is 12.2. The van der Waals surface area contributed by atoms with Gasteiger partial charge >= 0.3 is 0 Å². The lowest BCUT2D eigenvalue weighted by molar-refractivity contribution is 0.0832. The van der Waals surface area contributed by atoms with E-state index in [1.807, 2.05) is 0 Å². The summed E-state index contributed by atoms with van der Waals surface area (Å²) < 4.78 is 5.63. The van der Waals surface area contributed by atoms with Gasteiger partial charge < -0.3 is 15.0 Å². The molecule has 0 radical (unpaired) electrons. The molecule has 2 aliphatic rings. The first-order valence-corrected chi connectivity index (χ1v) is 7.82. The van der Waals surface area contributed by atoms with Crippen LogP contribution in [0.15, 0.2) is 0 Å². The number of rotatable bonds is 6. The number of nitrogens with zero attached hydrogens (tertiary/aromatic N) is 1. The molecule has 0 amide bonds. The molecule has 1 saturated carbocycles. The van der Waals surface area contributed by atoms with Crippen LogP contribution in [0.2, 0.25) is 0 Å². The van der Waals surface area contributed by atoms with Gasteiger partial charge in [-0.25, -0.2) is 0 Å². The lowest BCUT2D eigenvalue weighted by Gasteiger charge is -2.27. The second kappa shape index (κ2) is 7.46. The molecule has 2 unspecified atom stereocenters. The quantitative estimate of drug-likeness (QED) is 0.737. The zero-order chi connectivity index (χ0) is 12.8. The van der Waals surface area contributed by atoms with E-state index in [0.717, 1.165) is 12.6 Å². The SMILES string of the molecule is CC1OCCC1N(C)CCCNC1CCCCC1. The molecule has 3 heteroatoms. The van der Waals surface area contributed by atoms with Crippen LogP contribution < -0.4 is 5.32 Å². The summed E-state index contributed by atoms with van der Waals surface area (Å²) in [7, 11) is 2.25. The van der Waals surface area contributed by atoms with Crippen molar-refractivity contribution in [3.63, 3.8) is 0 Å². The molecule has 0 bridgehead atoms. The molecule has 1 heterocycles. The van der Waals surface area contributed by atoms with Crippen molar-refractivity contribution in [3.8, 4) is 0 Å². The molecule has 0 aromatic heterocycles. The lowest BCUT2D eigenvalue weighted by Crippen LogP contribution is -2.39. The van der Waals surface area contributed by atoms with E-state index in [0.29, 0.717) is 12.1 Å². The molecule has 0 aromatic rings. The fourth-order valence-corrected chi connectivity index (χ4v) is 3.41. The highest BCUT2D eigenvalue weighted by Crippen LogP contribution is 2.19. The third kappa shape index (κ3) is 4.22. The maximum atomic E-state index is 5.63. The second-order valence-electron chi connectivity index (χ2n) is 6.06. The minimum atomic E-state index is 0.418. The van der Waals surface area contributed by atoms with E-state index in [4.69, 9.17) is 4.74 Å². The summed E-state index contributed by atoms with van der Waals surface area (Å²) in [4.78, 5) is 2.49. The van der Waals surface area contributed by atoms with Crippen molar-refractivity contribution in [3.05, 3.63) is 0 Å². The topological polar surface area (TPSA) is 24.5 Å². The molecular formula is C15H30N2O. The minimum Gasteiger partial charge on any atom is -0.377 e. The molecule has 3 nitrogen and oxygen atoms in total. The zero-order valence-corrected chi connectivity index (χ0v) is 12.2. The molecule has 106 valence electrons. The second-order valence-corrected chi connectivity index (χ2v) is 6.06. The highest BCUT2D eigenvalue weighted by Gasteiger charge is 2.27. The van der Waals surface area contributed by atoms with Gasteiger partial charge in [-0.1, -0.05) is 19.3 Å². The first-order chi connectivity index (χ1) is 8.77. The highest BCUT2D eigenvalue weighted by atomic mass is 16.5. The minimum absolute atomic E-state index is 0.418. The number of hydrogen-bond acceptors (Lipinski definition) is 3. The fraction of sp³-hybridized carbons (Fsp3) is 1.00. The Balaban J connectivity index is 1.54. The molecule has 1 saturated heterocycles. The average Bonchev–Trinajstić information content (AvgIpc) is 2.82. The normalized spacial score (nSPS) is 30.2. The summed E-state index contributed by atoms with van der Waals surface area (Å²) in [6, 6.07) is 1.44. The Bertz CT molecular complexity index is 229. The summed E-state index contributed by atoms with van der Waals surface area (Å²) in [5.41, 5.74) is 0. The summed E-state index contributed by atoms with van der Waals surface area (Å²) in [6.07, 6.45) is 9.96. The van der Waals surface area contributed by atoms with E-state index in [1.54, 1.807) is 0 Å². The van der Waals surface area contributed by atoms with Crippen molar-refractivity contribution in [1.29, 1.82) is 0 Å². The predicted octanol–water partition coefficient (Wildman–Crippen LogP) is 2.41. The Morgan fingerprint density at radius 3 is 2.61 bits per heavy atom. The van der Waals surface area contributed by atoms with Crippen LogP contribution in [0.5, 0.6) is 0 Å². The van der Waals surface area contributed by atoms with Crippen molar-refractivity contribution >= 4 is 0 Å². The molecule has 0 aromatic carbocycles. The number of hydrogen-bond donors (Lipinski definition) is 1. The molecule has 1 aliphatic carbocycles. The largest absolute Gasteiger partial charge is 0.377 e. The maximum Gasteiger partial charge on any atom is 0.0702 e. The van der Waals surface area contributed by atoms with E-state index >= 15 is 0 Å². The standard InChI is InChI=1S/C15H30N2O/c1-13-15(9-12-18-13)17(2)11-6-10-16-14-7-4-3-5-8-14/h13-16H,3-12H2,1-2H3. The first kappa shape index (κ1) is 14.3. The van der Waals surface area contributed by atoms with Gasteiger partial charge in [-0.2, -0.15) is 0 Å². The first-order valence-electron chi connectivity index (χ1n) is 7.82. The summed E-state index contributed by atoms with van der Waals surface area (Å²) >= 11 is 0. The molecule has 2 rings (SSSR count). The van der Waals surface area contributed by atoms with Gasteiger partial charge in [-0.15, -0.1) is 0 Å². The monoisotopic (exact) mass is 254 g/mol. The molecule has 0 spiro atoms. The Morgan fingerprint density at radius 1 is 1.17 bits per heavy atom. The number of likely N-dealkylation sites (N-methyl/N-ethyl adjacent to an activating group) is 1. The third-order valence-corrected chi connectivity index (χ3v) is 4.63. The van der Waals surface area contributed by atoms with E-state index < -0.39 is 0 Å². The summed E-state index contributed by atoms with van der Waals surface area (Å²) in [6.45, 7) is 5.51. The van der Waals surface area contributed by atoms with Gasteiger partial charge in [-0.05, 0) is 52.7 Å². The predicted molar refractivity (Wildman–Crippen MR) is 75.9 cm³/mol. The van der Waals surface area contributed by atoms with E-state index in [2.05, 4.69) is 24.2 Å². The Hall–Kier alpha value is -0.120. The van der Waals surface area contributed by atoms with Crippen LogP contribution in [0.25, 0.3) is 0 Å². The van der Waals surface area contributed by atoms with Gasteiger partial charge in [0.15, 0.2) is 0 Å². The Morgan fingerprint density at radius 2 is 1.94 bits per heavy atom. The highest BCUT2D eigenvalue weighted by molar-refractivity contribution is 4.80. The molecular weight excluding hydrogens is 224 g/mol. The molecule has 2 fully saturated rings. The van der Waals surface area contributed by atoms with Crippen molar-refractivity contribution in [1.82, 2.24) is 10.2 Å². The fourth-order valence-electron chi connectivity index (χ4n) is 3.41. The van der Waals surface area contributed by atoms with E-state index in [-0.39, 0.29) is 0 Å². The number of nitrogens with one attached hydrogen (secondary N) is 1. The van der Waals surface area contributed by atoms with E-state index in [1.165, 1.54) is 58.0 Å². The number of ether oxygens (including phenoxy) is 1. The van der Waals surface area contributed by atoms with Gasteiger partial charge in [0, 0.05) is 18.7 Å². The van der Waals surface area contributed by atoms with Gasteiger partial charge in [0.25, 0.3) is 0 Å².